The fourth-order valence-corrected chi connectivity index (χ4v) is 3.70. The minimum absolute atomic E-state index is 0.0106. The van der Waals surface area contributed by atoms with Crippen LogP contribution in [-0.4, -0.2) is 35.9 Å². The average Bonchev–Trinajstić information content (AvgIpc) is 3.02. The number of anilines is 1. The fraction of sp³-hybridized carbons (Fsp3) is 0.524. The van der Waals surface area contributed by atoms with Gasteiger partial charge in [0.2, 0.25) is 0 Å². The molecule has 3 rings (SSSR count). The molecule has 1 aliphatic rings. The van der Waals surface area contributed by atoms with Crippen LogP contribution in [0.2, 0.25) is 0 Å². The summed E-state index contributed by atoms with van der Waals surface area (Å²) in [4.78, 5) is 2.33. The van der Waals surface area contributed by atoms with Gasteiger partial charge in [0.15, 0.2) is 0 Å². The summed E-state index contributed by atoms with van der Waals surface area (Å²) in [5.74, 6) is -2.87. The number of hydrogen-bond acceptors (Lipinski definition) is 3. The first-order valence-corrected chi connectivity index (χ1v) is 9.54. The number of aromatic nitrogens is 1. The van der Waals surface area contributed by atoms with Gasteiger partial charge in [0, 0.05) is 50.0 Å². The molecule has 4 nitrogen and oxygen atoms in total. The van der Waals surface area contributed by atoms with Crippen molar-refractivity contribution in [3.05, 3.63) is 47.3 Å². The standard InChI is InChI=1S/C21H29F2N3O/c1-5-17-18(25-12-10-24-11-13-25)14-19(20(2,3)27)26(17)16-8-6-15(7-9-16)21(4,22)23/h6-9,14,24,27H,5,10-13H2,1-4H3. The Morgan fingerprint density at radius 2 is 1.67 bits per heavy atom. The van der Waals surface area contributed by atoms with Crippen molar-refractivity contribution in [3.8, 4) is 5.69 Å². The molecular formula is C21H29F2N3O. The summed E-state index contributed by atoms with van der Waals surface area (Å²) in [5.41, 5.74) is 2.70. The van der Waals surface area contributed by atoms with E-state index in [-0.39, 0.29) is 5.56 Å². The maximum atomic E-state index is 13.6. The third kappa shape index (κ3) is 4.01. The highest BCUT2D eigenvalue weighted by atomic mass is 19.3. The SMILES string of the molecule is CCc1c(N2CCNCC2)cc(C(C)(C)O)n1-c1ccc(C(C)(F)F)cc1. The second-order valence-corrected chi connectivity index (χ2v) is 7.78. The molecule has 148 valence electrons. The molecule has 0 bridgehead atoms. The lowest BCUT2D eigenvalue weighted by Crippen LogP contribution is -2.43. The molecule has 0 spiro atoms. The van der Waals surface area contributed by atoms with Crippen molar-refractivity contribution >= 4 is 5.69 Å². The predicted octanol–water partition coefficient (Wildman–Crippen LogP) is 3.79. The maximum Gasteiger partial charge on any atom is 0.270 e. The van der Waals surface area contributed by atoms with Crippen LogP contribution in [0.1, 0.15) is 44.6 Å². The molecule has 0 atom stereocenters. The van der Waals surface area contributed by atoms with E-state index in [4.69, 9.17) is 0 Å². The first-order valence-electron chi connectivity index (χ1n) is 9.54. The largest absolute Gasteiger partial charge is 0.384 e. The zero-order valence-corrected chi connectivity index (χ0v) is 16.5. The minimum atomic E-state index is -2.87. The van der Waals surface area contributed by atoms with Gasteiger partial charge in [0.25, 0.3) is 5.92 Å². The number of alkyl halides is 2. The van der Waals surface area contributed by atoms with Crippen LogP contribution in [0.5, 0.6) is 0 Å². The van der Waals surface area contributed by atoms with E-state index in [0.717, 1.165) is 62.3 Å². The van der Waals surface area contributed by atoms with Gasteiger partial charge in [0.1, 0.15) is 0 Å². The number of benzene rings is 1. The molecule has 2 N–H and O–H groups in total. The Hall–Kier alpha value is -1.92. The molecule has 2 heterocycles. The number of nitrogens with zero attached hydrogens (tertiary/aromatic N) is 2. The number of hydrogen-bond donors (Lipinski definition) is 2. The van der Waals surface area contributed by atoms with Crippen LogP contribution in [0.25, 0.3) is 5.69 Å². The quantitative estimate of drug-likeness (QED) is 0.833. The summed E-state index contributed by atoms with van der Waals surface area (Å²) in [6.07, 6.45) is 0.779. The third-order valence-corrected chi connectivity index (χ3v) is 5.13. The zero-order valence-electron chi connectivity index (χ0n) is 16.5. The van der Waals surface area contributed by atoms with Crippen LogP contribution in [-0.2, 0) is 17.9 Å². The molecule has 6 heteroatoms. The zero-order chi connectivity index (χ0) is 19.8. The Labute approximate surface area is 159 Å². The van der Waals surface area contributed by atoms with Gasteiger partial charge < -0.3 is 19.9 Å². The topological polar surface area (TPSA) is 40.4 Å². The van der Waals surface area contributed by atoms with Crippen LogP contribution >= 0.6 is 0 Å². The van der Waals surface area contributed by atoms with E-state index < -0.39 is 11.5 Å². The Kier molecular flexibility index (Phi) is 5.32. The van der Waals surface area contributed by atoms with Crippen LogP contribution in [0.15, 0.2) is 30.3 Å². The average molecular weight is 377 g/mol. The van der Waals surface area contributed by atoms with Crippen molar-refractivity contribution in [1.29, 1.82) is 0 Å². The van der Waals surface area contributed by atoms with Crippen molar-refractivity contribution in [3.63, 3.8) is 0 Å². The highest BCUT2D eigenvalue weighted by Crippen LogP contribution is 2.36. The molecule has 0 unspecified atom stereocenters. The fourth-order valence-electron chi connectivity index (χ4n) is 3.70. The lowest BCUT2D eigenvalue weighted by atomic mass is 10.0. The van der Waals surface area contributed by atoms with E-state index in [1.807, 2.05) is 10.6 Å². The second-order valence-electron chi connectivity index (χ2n) is 7.78. The number of halogens is 2. The van der Waals surface area contributed by atoms with E-state index in [1.54, 1.807) is 26.0 Å². The lowest BCUT2D eigenvalue weighted by molar-refractivity contribution is 0.0174. The summed E-state index contributed by atoms with van der Waals surface area (Å²) in [6, 6.07) is 8.40. The van der Waals surface area contributed by atoms with Crippen LogP contribution in [0.4, 0.5) is 14.5 Å². The van der Waals surface area contributed by atoms with E-state index in [0.29, 0.717) is 0 Å². The predicted molar refractivity (Wildman–Crippen MR) is 105 cm³/mol. The molecule has 1 aromatic heterocycles. The first kappa shape index (κ1) is 19.8. The van der Waals surface area contributed by atoms with Gasteiger partial charge in [-0.05, 0) is 38.5 Å². The van der Waals surface area contributed by atoms with E-state index in [9.17, 15) is 13.9 Å². The molecule has 0 aliphatic carbocycles. The molecule has 1 fully saturated rings. The molecule has 1 aliphatic heterocycles. The van der Waals surface area contributed by atoms with Gasteiger partial charge >= 0.3 is 0 Å². The van der Waals surface area contributed by atoms with Crippen molar-refractivity contribution in [2.75, 3.05) is 31.1 Å². The minimum Gasteiger partial charge on any atom is -0.384 e. The molecule has 1 aromatic carbocycles. The van der Waals surface area contributed by atoms with Gasteiger partial charge in [-0.2, -0.15) is 0 Å². The molecule has 0 radical (unpaired) electrons. The molecular weight excluding hydrogens is 348 g/mol. The summed E-state index contributed by atoms with van der Waals surface area (Å²) in [5, 5.41) is 14.1. The van der Waals surface area contributed by atoms with Crippen LogP contribution in [0.3, 0.4) is 0 Å². The Morgan fingerprint density at radius 3 is 2.15 bits per heavy atom. The summed E-state index contributed by atoms with van der Waals surface area (Å²) < 4.78 is 29.2. The van der Waals surface area contributed by atoms with Crippen LogP contribution in [0, 0.1) is 0 Å². The summed E-state index contributed by atoms with van der Waals surface area (Å²) >= 11 is 0. The van der Waals surface area contributed by atoms with Crippen molar-refractivity contribution < 1.29 is 13.9 Å². The summed E-state index contributed by atoms with van der Waals surface area (Å²) in [6.45, 7) is 10.2. The van der Waals surface area contributed by atoms with Gasteiger partial charge in [-0.3, -0.25) is 0 Å². The van der Waals surface area contributed by atoms with E-state index >= 15 is 0 Å². The van der Waals surface area contributed by atoms with Gasteiger partial charge in [-0.1, -0.05) is 19.1 Å². The third-order valence-electron chi connectivity index (χ3n) is 5.13. The maximum absolute atomic E-state index is 13.6. The number of nitrogens with one attached hydrogen (secondary N) is 1. The van der Waals surface area contributed by atoms with Gasteiger partial charge in [-0.25, -0.2) is 8.78 Å². The van der Waals surface area contributed by atoms with Crippen molar-refractivity contribution in [2.45, 2.75) is 45.6 Å². The highest BCUT2D eigenvalue weighted by molar-refractivity contribution is 5.59. The second kappa shape index (κ2) is 7.24. The Morgan fingerprint density at radius 1 is 1.07 bits per heavy atom. The first-order chi connectivity index (χ1) is 12.6. The Balaban J connectivity index is 2.13. The summed E-state index contributed by atoms with van der Waals surface area (Å²) in [7, 11) is 0. The van der Waals surface area contributed by atoms with E-state index in [1.165, 1.54) is 12.1 Å². The number of rotatable bonds is 5. The molecule has 27 heavy (non-hydrogen) atoms. The molecule has 0 amide bonds. The number of aliphatic hydroxyl groups is 1. The van der Waals surface area contributed by atoms with E-state index in [2.05, 4.69) is 17.1 Å². The lowest BCUT2D eigenvalue weighted by Gasteiger charge is -2.29. The molecule has 1 saturated heterocycles. The Bertz CT molecular complexity index is 779. The van der Waals surface area contributed by atoms with Gasteiger partial charge in [-0.15, -0.1) is 0 Å². The van der Waals surface area contributed by atoms with Crippen molar-refractivity contribution in [1.82, 2.24) is 9.88 Å². The normalized spacial score (nSPS) is 16.0. The van der Waals surface area contributed by atoms with Gasteiger partial charge in [0.05, 0.1) is 17.0 Å². The van der Waals surface area contributed by atoms with Crippen LogP contribution < -0.4 is 10.2 Å². The molecule has 0 saturated carbocycles. The monoisotopic (exact) mass is 377 g/mol. The number of piperazine rings is 1. The smallest absolute Gasteiger partial charge is 0.270 e. The molecule has 2 aromatic rings. The van der Waals surface area contributed by atoms with Crippen molar-refractivity contribution in [2.24, 2.45) is 0 Å². The highest BCUT2D eigenvalue weighted by Gasteiger charge is 2.29.